The predicted octanol–water partition coefficient (Wildman–Crippen LogP) is 2.39. The van der Waals surface area contributed by atoms with Crippen LogP contribution in [0.4, 0.5) is 8.78 Å². The number of hydrogen-bond donors (Lipinski definition) is 2. The summed E-state index contributed by atoms with van der Waals surface area (Å²) in [6, 6.07) is 0.715. The van der Waals surface area contributed by atoms with Crippen molar-refractivity contribution in [2.45, 2.75) is 24.9 Å². The maximum atomic E-state index is 13.3. The normalized spacial score (nSPS) is 17.9. The summed E-state index contributed by atoms with van der Waals surface area (Å²) in [7, 11) is 0. The third-order valence-electron chi connectivity index (χ3n) is 2.57. The van der Waals surface area contributed by atoms with Gasteiger partial charge in [0, 0.05) is 12.0 Å². The van der Waals surface area contributed by atoms with Crippen LogP contribution < -0.4 is 0 Å². The number of hydrogen-bond acceptors (Lipinski definition) is 2. The number of aliphatic hydroxyl groups is 1. The van der Waals surface area contributed by atoms with E-state index in [1.807, 2.05) is 0 Å². The summed E-state index contributed by atoms with van der Waals surface area (Å²) in [6.07, 6.45) is 0.947. The molecule has 2 rings (SSSR count). The van der Waals surface area contributed by atoms with E-state index in [2.05, 4.69) is 0 Å². The van der Waals surface area contributed by atoms with Gasteiger partial charge in [-0.3, -0.25) is 0 Å². The minimum Gasteiger partial charge on any atom is -0.506 e. The molecular formula is C10H9ClF2O2. The van der Waals surface area contributed by atoms with Crippen LogP contribution in [0.1, 0.15) is 18.4 Å². The molecule has 15 heavy (non-hydrogen) atoms. The lowest BCUT2D eigenvalue weighted by molar-refractivity contribution is 0.148. The van der Waals surface area contributed by atoms with E-state index in [-0.39, 0.29) is 17.0 Å². The van der Waals surface area contributed by atoms with Gasteiger partial charge in [-0.15, -0.1) is 0 Å². The number of halogens is 3. The zero-order valence-electron chi connectivity index (χ0n) is 7.73. The predicted molar refractivity (Wildman–Crippen MR) is 50.9 cm³/mol. The summed E-state index contributed by atoms with van der Waals surface area (Å²) in [6.45, 7) is 0. The Kier molecular flexibility index (Phi) is 2.35. The van der Waals surface area contributed by atoms with Crippen molar-refractivity contribution in [1.29, 1.82) is 0 Å². The first-order valence-corrected chi connectivity index (χ1v) is 4.88. The second-order valence-corrected chi connectivity index (χ2v) is 4.29. The summed E-state index contributed by atoms with van der Waals surface area (Å²) in [5, 5.41) is 18.8. The molecule has 1 aliphatic carbocycles. The Morgan fingerprint density at radius 3 is 2.53 bits per heavy atom. The molecule has 0 saturated heterocycles. The molecule has 82 valence electrons. The fourth-order valence-corrected chi connectivity index (χ4v) is 1.66. The third-order valence-corrected chi connectivity index (χ3v) is 2.86. The molecule has 5 heteroatoms. The Labute approximate surface area is 90.1 Å². The van der Waals surface area contributed by atoms with E-state index in [4.69, 9.17) is 11.6 Å². The maximum absolute atomic E-state index is 13.3. The first-order valence-electron chi connectivity index (χ1n) is 4.51. The number of phenolic OH excluding ortho intramolecular Hbond substituents is 1. The molecule has 1 aliphatic rings. The summed E-state index contributed by atoms with van der Waals surface area (Å²) in [4.78, 5) is 0. The Morgan fingerprint density at radius 1 is 1.40 bits per heavy atom. The van der Waals surface area contributed by atoms with E-state index in [1.165, 1.54) is 0 Å². The van der Waals surface area contributed by atoms with E-state index in [1.54, 1.807) is 0 Å². The highest BCUT2D eigenvalue weighted by atomic mass is 35.5. The first-order chi connectivity index (χ1) is 6.93. The molecule has 0 aromatic heterocycles. The molecule has 0 atom stereocenters. The van der Waals surface area contributed by atoms with Gasteiger partial charge in [-0.25, -0.2) is 8.78 Å². The van der Waals surface area contributed by atoms with E-state index in [9.17, 15) is 19.0 Å². The number of aromatic hydroxyl groups is 1. The number of phenols is 1. The van der Waals surface area contributed by atoms with Crippen molar-refractivity contribution in [2.24, 2.45) is 0 Å². The molecule has 1 saturated carbocycles. The van der Waals surface area contributed by atoms with Crippen molar-refractivity contribution >= 4 is 11.6 Å². The van der Waals surface area contributed by atoms with Gasteiger partial charge in [0.1, 0.15) is 5.75 Å². The van der Waals surface area contributed by atoms with Crippen LogP contribution in [0.15, 0.2) is 6.07 Å². The molecule has 0 spiro atoms. The van der Waals surface area contributed by atoms with Gasteiger partial charge in [0.05, 0.1) is 10.6 Å². The molecule has 2 nitrogen and oxygen atoms in total. The molecule has 0 aliphatic heterocycles. The van der Waals surface area contributed by atoms with Gasteiger partial charge in [0.2, 0.25) is 0 Å². The highest BCUT2D eigenvalue weighted by Crippen LogP contribution is 2.42. The number of rotatable bonds is 2. The zero-order valence-corrected chi connectivity index (χ0v) is 8.48. The van der Waals surface area contributed by atoms with Gasteiger partial charge in [-0.1, -0.05) is 11.6 Å². The lowest BCUT2D eigenvalue weighted by Gasteiger charge is -2.11. The SMILES string of the molecule is Oc1c(Cl)cc(F)c(F)c1CC1(O)CC1. The minimum absolute atomic E-state index is 0.109. The monoisotopic (exact) mass is 234 g/mol. The molecule has 1 aromatic carbocycles. The first kappa shape index (κ1) is 10.6. The van der Waals surface area contributed by atoms with Crippen LogP contribution in [-0.2, 0) is 6.42 Å². The van der Waals surface area contributed by atoms with Crippen LogP contribution in [0.3, 0.4) is 0 Å². The minimum atomic E-state index is -1.14. The summed E-state index contributed by atoms with van der Waals surface area (Å²) < 4.78 is 26.3. The van der Waals surface area contributed by atoms with Crippen LogP contribution in [0.2, 0.25) is 5.02 Å². The van der Waals surface area contributed by atoms with Crippen LogP contribution in [-0.4, -0.2) is 15.8 Å². The number of benzene rings is 1. The summed E-state index contributed by atoms with van der Waals surface area (Å²) in [5.74, 6) is -2.75. The van der Waals surface area contributed by atoms with E-state index in [0.29, 0.717) is 18.9 Å². The maximum Gasteiger partial charge on any atom is 0.165 e. The molecular weight excluding hydrogens is 226 g/mol. The molecule has 1 fully saturated rings. The van der Waals surface area contributed by atoms with Crippen molar-refractivity contribution in [3.05, 3.63) is 28.3 Å². The lowest BCUT2D eigenvalue weighted by atomic mass is 10.0. The Balaban J connectivity index is 2.44. The van der Waals surface area contributed by atoms with Gasteiger partial charge in [-0.2, -0.15) is 0 Å². The average Bonchev–Trinajstić information content (AvgIpc) is 2.89. The van der Waals surface area contributed by atoms with Gasteiger partial charge in [0.15, 0.2) is 11.6 Å². The van der Waals surface area contributed by atoms with E-state index < -0.39 is 23.0 Å². The summed E-state index contributed by atoms with van der Waals surface area (Å²) in [5.41, 5.74) is -1.25. The molecule has 1 aromatic rings. The van der Waals surface area contributed by atoms with Crippen molar-refractivity contribution in [2.75, 3.05) is 0 Å². The van der Waals surface area contributed by atoms with Crippen LogP contribution >= 0.6 is 11.6 Å². The van der Waals surface area contributed by atoms with Gasteiger partial charge in [-0.05, 0) is 18.9 Å². The fraction of sp³-hybridized carbons (Fsp3) is 0.400. The Hall–Kier alpha value is -0.870. The molecule has 0 amide bonds. The van der Waals surface area contributed by atoms with Crippen LogP contribution in [0.25, 0.3) is 0 Å². The Morgan fingerprint density at radius 2 is 2.00 bits per heavy atom. The van der Waals surface area contributed by atoms with Gasteiger partial charge < -0.3 is 10.2 Å². The lowest BCUT2D eigenvalue weighted by Crippen LogP contribution is -2.13. The van der Waals surface area contributed by atoms with Crippen LogP contribution in [0, 0.1) is 11.6 Å². The summed E-state index contributed by atoms with van der Waals surface area (Å²) >= 11 is 5.50. The largest absolute Gasteiger partial charge is 0.506 e. The van der Waals surface area contributed by atoms with E-state index in [0.717, 1.165) is 0 Å². The smallest absolute Gasteiger partial charge is 0.165 e. The quantitative estimate of drug-likeness (QED) is 0.772. The van der Waals surface area contributed by atoms with Gasteiger partial charge >= 0.3 is 0 Å². The topological polar surface area (TPSA) is 40.5 Å². The molecule has 0 radical (unpaired) electrons. The molecule has 0 bridgehead atoms. The highest BCUT2D eigenvalue weighted by molar-refractivity contribution is 6.32. The third kappa shape index (κ3) is 1.92. The van der Waals surface area contributed by atoms with Gasteiger partial charge in [0.25, 0.3) is 0 Å². The molecule has 0 unspecified atom stereocenters. The van der Waals surface area contributed by atoms with E-state index >= 15 is 0 Å². The average molecular weight is 235 g/mol. The molecule has 0 heterocycles. The highest BCUT2D eigenvalue weighted by Gasteiger charge is 2.42. The van der Waals surface area contributed by atoms with Crippen molar-refractivity contribution in [3.63, 3.8) is 0 Å². The zero-order chi connectivity index (χ0) is 11.2. The Bertz CT molecular complexity index is 390. The van der Waals surface area contributed by atoms with Crippen molar-refractivity contribution < 1.29 is 19.0 Å². The molecule has 2 N–H and O–H groups in total. The second-order valence-electron chi connectivity index (χ2n) is 3.88. The standard InChI is InChI=1S/C10H9ClF2O2/c11-6-3-7(12)8(13)5(9(6)14)4-10(15)1-2-10/h3,14-15H,1-2,4H2. The van der Waals surface area contributed by atoms with Crippen LogP contribution in [0.5, 0.6) is 5.75 Å². The fourth-order valence-electron chi connectivity index (χ4n) is 1.45. The second kappa shape index (κ2) is 3.32. The van der Waals surface area contributed by atoms with Crippen molar-refractivity contribution in [3.8, 4) is 5.75 Å². The van der Waals surface area contributed by atoms with Crippen molar-refractivity contribution in [1.82, 2.24) is 0 Å².